The van der Waals surface area contributed by atoms with Gasteiger partial charge in [-0.2, -0.15) is 0 Å². The molecule has 1 aromatic heterocycles. The van der Waals surface area contributed by atoms with Gasteiger partial charge in [0.2, 0.25) is 0 Å². The molecule has 0 aliphatic heterocycles. The van der Waals surface area contributed by atoms with Crippen LogP contribution < -0.4 is 0 Å². The van der Waals surface area contributed by atoms with Gasteiger partial charge in [-0.15, -0.1) is 0 Å². The lowest BCUT2D eigenvalue weighted by atomic mass is 10.0. The third-order valence-electron chi connectivity index (χ3n) is 3.14. The molecular formula is C17H26N2. The average Bonchev–Trinajstić information content (AvgIpc) is 3.11. The Morgan fingerprint density at radius 2 is 1.79 bits per heavy atom. The van der Waals surface area contributed by atoms with Crippen molar-refractivity contribution in [2.75, 3.05) is 0 Å². The molecule has 3 rings (SSSR count). The fraction of sp³-hybridized carbons (Fsp3) is 0.471. The molecule has 19 heavy (non-hydrogen) atoms. The van der Waals surface area contributed by atoms with Crippen LogP contribution in [-0.2, 0) is 12.8 Å². The summed E-state index contributed by atoms with van der Waals surface area (Å²) < 4.78 is 0. The normalized spacial score (nSPS) is 11.8. The van der Waals surface area contributed by atoms with E-state index in [1.54, 1.807) is 0 Å². The van der Waals surface area contributed by atoms with Crippen molar-refractivity contribution in [2.45, 2.75) is 53.9 Å². The molecule has 2 heteroatoms. The highest BCUT2D eigenvalue weighted by Gasteiger charge is 2.15. The van der Waals surface area contributed by atoms with Crippen LogP contribution in [0.15, 0.2) is 24.4 Å². The highest BCUT2D eigenvalue weighted by molar-refractivity contribution is 5.66. The van der Waals surface area contributed by atoms with Gasteiger partial charge in [0.05, 0.1) is 11.9 Å². The van der Waals surface area contributed by atoms with E-state index in [1.165, 1.54) is 36.0 Å². The number of fused-ring (bicyclic) bond motifs is 1. The quantitative estimate of drug-likeness (QED) is 0.772. The molecule has 0 radical (unpaired) electrons. The van der Waals surface area contributed by atoms with Gasteiger partial charge < -0.3 is 4.98 Å². The van der Waals surface area contributed by atoms with Crippen LogP contribution in [-0.4, -0.2) is 9.97 Å². The van der Waals surface area contributed by atoms with Crippen molar-refractivity contribution < 1.29 is 0 Å². The van der Waals surface area contributed by atoms with Gasteiger partial charge in [0, 0.05) is 5.56 Å². The number of aromatic nitrogens is 2. The van der Waals surface area contributed by atoms with Crippen molar-refractivity contribution in [3.05, 3.63) is 41.3 Å². The average molecular weight is 258 g/mol. The van der Waals surface area contributed by atoms with Crippen LogP contribution in [0, 0.1) is 6.92 Å². The van der Waals surface area contributed by atoms with Crippen LogP contribution in [0.4, 0.5) is 0 Å². The smallest absolute Gasteiger partial charge is 0.103 e. The summed E-state index contributed by atoms with van der Waals surface area (Å²) in [6, 6.07) is 6.59. The summed E-state index contributed by atoms with van der Waals surface area (Å²) in [5.74, 6) is 0.987. The SMILES string of the molecule is CC.CC.Cc1ncc(-c2cccc3c2CCC3)[nH]1. The van der Waals surface area contributed by atoms with Crippen molar-refractivity contribution >= 4 is 0 Å². The molecule has 0 spiro atoms. The molecule has 0 unspecified atom stereocenters. The van der Waals surface area contributed by atoms with E-state index in [9.17, 15) is 0 Å². The second kappa shape index (κ2) is 7.78. The van der Waals surface area contributed by atoms with Crippen molar-refractivity contribution in [3.63, 3.8) is 0 Å². The molecule has 0 saturated carbocycles. The molecule has 0 saturated heterocycles. The molecule has 0 atom stereocenters. The molecule has 2 aromatic rings. The first-order valence-electron chi connectivity index (χ1n) is 7.47. The van der Waals surface area contributed by atoms with Crippen molar-refractivity contribution in [1.82, 2.24) is 9.97 Å². The number of aromatic amines is 1. The molecule has 104 valence electrons. The fourth-order valence-corrected chi connectivity index (χ4v) is 2.43. The Morgan fingerprint density at radius 3 is 2.42 bits per heavy atom. The van der Waals surface area contributed by atoms with Crippen LogP contribution >= 0.6 is 0 Å². The number of hydrogen-bond donors (Lipinski definition) is 1. The maximum Gasteiger partial charge on any atom is 0.103 e. The van der Waals surface area contributed by atoms with Crippen molar-refractivity contribution in [3.8, 4) is 11.3 Å². The topological polar surface area (TPSA) is 28.7 Å². The zero-order valence-electron chi connectivity index (χ0n) is 12.9. The maximum absolute atomic E-state index is 4.26. The van der Waals surface area contributed by atoms with E-state index in [1.807, 2.05) is 40.8 Å². The summed E-state index contributed by atoms with van der Waals surface area (Å²) in [5.41, 5.74) is 5.53. The van der Waals surface area contributed by atoms with Crippen LogP contribution in [0.25, 0.3) is 11.3 Å². The first kappa shape index (κ1) is 15.5. The van der Waals surface area contributed by atoms with Gasteiger partial charge in [0.15, 0.2) is 0 Å². The Bertz CT molecular complexity index is 498. The monoisotopic (exact) mass is 258 g/mol. The van der Waals surface area contributed by atoms with Crippen LogP contribution in [0.1, 0.15) is 51.1 Å². The number of nitrogens with one attached hydrogen (secondary N) is 1. The van der Waals surface area contributed by atoms with E-state index in [-0.39, 0.29) is 0 Å². The summed E-state index contributed by atoms with van der Waals surface area (Å²) in [7, 11) is 0. The van der Waals surface area contributed by atoms with Crippen molar-refractivity contribution in [1.29, 1.82) is 0 Å². The van der Waals surface area contributed by atoms with Crippen LogP contribution in [0.2, 0.25) is 0 Å². The summed E-state index contributed by atoms with van der Waals surface area (Å²) in [6.45, 7) is 9.99. The zero-order chi connectivity index (χ0) is 14.3. The molecule has 1 heterocycles. The number of imidazole rings is 1. The molecule has 1 aromatic carbocycles. The van der Waals surface area contributed by atoms with Gasteiger partial charge in [-0.05, 0) is 37.3 Å². The predicted octanol–water partition coefficient (Wildman–Crippen LogP) is 4.93. The molecule has 0 bridgehead atoms. The third-order valence-corrected chi connectivity index (χ3v) is 3.14. The minimum Gasteiger partial charge on any atom is -0.342 e. The number of aryl methyl sites for hydroxylation is 2. The van der Waals surface area contributed by atoms with Gasteiger partial charge in [-0.3, -0.25) is 0 Å². The Labute approximate surface area is 117 Å². The second-order valence-corrected chi connectivity index (χ2v) is 4.18. The summed E-state index contributed by atoms with van der Waals surface area (Å²) in [4.78, 5) is 7.57. The molecule has 1 aliphatic carbocycles. The Balaban J connectivity index is 0.000000415. The van der Waals surface area contributed by atoms with Gasteiger partial charge in [-0.25, -0.2) is 4.98 Å². The number of rotatable bonds is 1. The summed E-state index contributed by atoms with van der Waals surface area (Å²) >= 11 is 0. The van der Waals surface area contributed by atoms with Gasteiger partial charge in [-0.1, -0.05) is 45.9 Å². The van der Waals surface area contributed by atoms with Gasteiger partial charge in [0.25, 0.3) is 0 Å². The number of benzene rings is 1. The molecule has 0 fully saturated rings. The number of nitrogens with zero attached hydrogens (tertiary/aromatic N) is 1. The largest absolute Gasteiger partial charge is 0.342 e. The first-order chi connectivity index (χ1) is 9.34. The van der Waals surface area contributed by atoms with Crippen LogP contribution in [0.5, 0.6) is 0 Å². The number of hydrogen-bond acceptors (Lipinski definition) is 1. The van der Waals surface area contributed by atoms with E-state index in [2.05, 4.69) is 28.2 Å². The molecule has 0 amide bonds. The number of H-pyrrole nitrogens is 1. The van der Waals surface area contributed by atoms with Gasteiger partial charge >= 0.3 is 0 Å². The van der Waals surface area contributed by atoms with Crippen LogP contribution in [0.3, 0.4) is 0 Å². The lowest BCUT2D eigenvalue weighted by molar-refractivity contribution is 0.912. The second-order valence-electron chi connectivity index (χ2n) is 4.18. The Kier molecular flexibility index (Phi) is 6.34. The van der Waals surface area contributed by atoms with E-state index in [0.29, 0.717) is 0 Å². The van der Waals surface area contributed by atoms with E-state index in [0.717, 1.165) is 11.5 Å². The molecule has 1 aliphatic rings. The summed E-state index contributed by atoms with van der Waals surface area (Å²) in [5, 5.41) is 0. The minimum absolute atomic E-state index is 0.987. The van der Waals surface area contributed by atoms with Gasteiger partial charge in [0.1, 0.15) is 5.82 Å². The van der Waals surface area contributed by atoms with E-state index in [4.69, 9.17) is 0 Å². The first-order valence-corrected chi connectivity index (χ1v) is 7.47. The predicted molar refractivity (Wildman–Crippen MR) is 83.5 cm³/mol. The third kappa shape index (κ3) is 3.46. The highest BCUT2D eigenvalue weighted by atomic mass is 14.9. The van der Waals surface area contributed by atoms with E-state index >= 15 is 0 Å². The minimum atomic E-state index is 0.987. The molecule has 1 N–H and O–H groups in total. The lowest BCUT2D eigenvalue weighted by Crippen LogP contribution is -1.88. The maximum atomic E-state index is 4.26. The summed E-state index contributed by atoms with van der Waals surface area (Å²) in [6.07, 6.45) is 5.67. The Hall–Kier alpha value is -1.57. The Morgan fingerprint density at radius 1 is 1.05 bits per heavy atom. The molecular weight excluding hydrogens is 232 g/mol. The highest BCUT2D eigenvalue weighted by Crippen LogP contribution is 2.31. The molecule has 2 nitrogen and oxygen atoms in total. The lowest BCUT2D eigenvalue weighted by Gasteiger charge is -2.05. The van der Waals surface area contributed by atoms with Crippen molar-refractivity contribution in [2.24, 2.45) is 0 Å². The standard InChI is InChI=1S/C13H14N2.2C2H6/c1-9-14-8-13(15-9)12-7-3-5-10-4-2-6-11(10)12;2*1-2/h3,5,7-8H,2,4,6H2,1H3,(H,14,15);2*1-2H3. The fourth-order valence-electron chi connectivity index (χ4n) is 2.43. The zero-order valence-corrected chi connectivity index (χ0v) is 12.9. The van der Waals surface area contributed by atoms with E-state index < -0.39 is 0 Å².